The Morgan fingerprint density at radius 2 is 1.12 bits per heavy atom. The molecule has 0 aliphatic carbocycles. The van der Waals surface area contributed by atoms with E-state index in [1.807, 2.05) is 18.2 Å². The summed E-state index contributed by atoms with van der Waals surface area (Å²) < 4.78 is 11.7. The van der Waals surface area contributed by atoms with Crippen molar-refractivity contribution in [2.75, 3.05) is 0 Å². The number of rotatable bonds is 4. The molecule has 0 saturated carbocycles. The normalized spacial score (nSPS) is 13.8. The van der Waals surface area contributed by atoms with Crippen LogP contribution in [0.5, 0.6) is 5.75 Å². The number of aromatic hydroxyl groups is 1. The van der Waals surface area contributed by atoms with E-state index < -0.39 is 7.60 Å². The van der Waals surface area contributed by atoms with Crippen LogP contribution in [-0.4, -0.2) is 14.9 Å². The molecule has 0 spiro atoms. The Hall–Kier alpha value is -2.39. The lowest BCUT2D eigenvalue weighted by Gasteiger charge is -2.30. The average Bonchev–Trinajstić information content (AvgIpc) is 2.68. The van der Waals surface area contributed by atoms with Gasteiger partial charge in [-0.05, 0) is 50.8 Å². The first-order valence-electron chi connectivity index (χ1n) is 10.8. The third-order valence-electron chi connectivity index (χ3n) is 5.78. The summed E-state index contributed by atoms with van der Waals surface area (Å²) in [6.45, 7) is 12.5. The molecule has 0 saturated heterocycles. The minimum Gasteiger partial charge on any atom is -0.507 e. The van der Waals surface area contributed by atoms with Gasteiger partial charge in [0.05, 0.1) is 5.30 Å². The summed E-state index contributed by atoms with van der Waals surface area (Å²) in [5.74, 6) is 0.183. The third kappa shape index (κ3) is 5.15. The summed E-state index contributed by atoms with van der Waals surface area (Å²) in [7, 11) is -4.31. The fourth-order valence-electron chi connectivity index (χ4n) is 4.05. The van der Waals surface area contributed by atoms with Crippen molar-refractivity contribution >= 4 is 12.9 Å². The van der Waals surface area contributed by atoms with Crippen LogP contribution in [0.15, 0.2) is 66.7 Å². The summed E-state index contributed by atoms with van der Waals surface area (Å²) in [6, 6.07) is 20.8. The molecule has 3 aromatic carbocycles. The molecule has 0 bridgehead atoms. The van der Waals surface area contributed by atoms with Crippen molar-refractivity contribution in [1.82, 2.24) is 0 Å². The van der Waals surface area contributed by atoms with E-state index >= 15 is 0 Å². The lowest BCUT2D eigenvalue weighted by atomic mass is 9.75. The third-order valence-corrected chi connectivity index (χ3v) is 6.75. The number of phenols is 1. The zero-order valence-corrected chi connectivity index (χ0v) is 20.5. The summed E-state index contributed by atoms with van der Waals surface area (Å²) in [5.41, 5.74) is 4.28. The first-order chi connectivity index (χ1) is 14.7. The highest BCUT2D eigenvalue weighted by molar-refractivity contribution is 7.60. The van der Waals surface area contributed by atoms with Gasteiger partial charge >= 0.3 is 7.60 Å². The molecule has 0 aliphatic rings. The molecule has 0 fully saturated rings. The molecule has 1 atom stereocenters. The minimum absolute atomic E-state index is 0.00419. The van der Waals surface area contributed by atoms with Crippen molar-refractivity contribution in [3.63, 3.8) is 0 Å². The van der Waals surface area contributed by atoms with E-state index in [9.17, 15) is 19.5 Å². The van der Waals surface area contributed by atoms with Crippen LogP contribution < -0.4 is 5.30 Å². The quantitative estimate of drug-likeness (QED) is 0.337. The van der Waals surface area contributed by atoms with E-state index in [2.05, 4.69) is 65.8 Å². The Balaban J connectivity index is 2.30. The highest BCUT2D eigenvalue weighted by atomic mass is 31.2. The van der Waals surface area contributed by atoms with Crippen LogP contribution in [0.1, 0.15) is 75.3 Å². The lowest BCUT2D eigenvalue weighted by molar-refractivity contribution is 0.387. The van der Waals surface area contributed by atoms with Gasteiger partial charge in [0.2, 0.25) is 0 Å². The SMILES string of the molecule is CC(C)(C)c1cc(C(c2ccccc2)c2ccc(P(=O)(O)O)cc2)cc(C(C)(C)C)c1O. The molecule has 0 amide bonds. The molecule has 0 aromatic heterocycles. The maximum absolute atomic E-state index is 11.7. The van der Waals surface area contributed by atoms with E-state index in [1.54, 1.807) is 12.1 Å². The first-order valence-corrected chi connectivity index (χ1v) is 12.4. The van der Waals surface area contributed by atoms with Gasteiger partial charge in [0.1, 0.15) is 5.75 Å². The van der Waals surface area contributed by atoms with Crippen LogP contribution in [-0.2, 0) is 15.4 Å². The van der Waals surface area contributed by atoms with Gasteiger partial charge in [0.25, 0.3) is 0 Å². The second-order valence-electron chi connectivity index (χ2n) is 10.4. The summed E-state index contributed by atoms with van der Waals surface area (Å²) >= 11 is 0. The van der Waals surface area contributed by atoms with E-state index in [1.165, 1.54) is 12.1 Å². The van der Waals surface area contributed by atoms with Crippen LogP contribution in [0.2, 0.25) is 0 Å². The molecular weight excluding hydrogens is 419 g/mol. The molecule has 32 heavy (non-hydrogen) atoms. The fourth-order valence-corrected chi connectivity index (χ4v) is 4.59. The van der Waals surface area contributed by atoms with Crippen molar-refractivity contribution in [3.8, 4) is 5.75 Å². The molecule has 0 aliphatic heterocycles. The minimum atomic E-state index is -4.31. The molecule has 0 heterocycles. The maximum atomic E-state index is 11.7. The molecule has 0 radical (unpaired) electrons. The van der Waals surface area contributed by atoms with Gasteiger partial charge in [-0.15, -0.1) is 0 Å². The van der Waals surface area contributed by atoms with Crippen molar-refractivity contribution < 1.29 is 19.5 Å². The van der Waals surface area contributed by atoms with Gasteiger partial charge in [-0.25, -0.2) is 0 Å². The Bertz CT molecular complexity index is 1100. The predicted molar refractivity (Wildman–Crippen MR) is 131 cm³/mol. The van der Waals surface area contributed by atoms with Crippen molar-refractivity contribution in [1.29, 1.82) is 0 Å². The Labute approximate surface area is 191 Å². The largest absolute Gasteiger partial charge is 0.507 e. The monoisotopic (exact) mass is 452 g/mol. The number of phenolic OH excluding ortho intramolecular Hbond substituents is 1. The molecule has 3 rings (SSSR count). The van der Waals surface area contributed by atoms with Gasteiger partial charge in [-0.3, -0.25) is 4.57 Å². The number of benzene rings is 3. The predicted octanol–water partition coefficient (Wildman–Crippen LogP) is 5.97. The molecule has 3 aromatic rings. The van der Waals surface area contributed by atoms with Crippen molar-refractivity contribution in [2.45, 2.75) is 58.3 Å². The van der Waals surface area contributed by atoms with E-state index in [-0.39, 0.29) is 22.1 Å². The second kappa shape index (κ2) is 8.51. The van der Waals surface area contributed by atoms with E-state index in [0.717, 1.165) is 27.8 Å². The maximum Gasteiger partial charge on any atom is 0.356 e. The van der Waals surface area contributed by atoms with Crippen molar-refractivity contribution in [2.24, 2.45) is 0 Å². The Kier molecular flexibility index (Phi) is 6.45. The van der Waals surface area contributed by atoms with Crippen LogP contribution in [0.3, 0.4) is 0 Å². The first kappa shape index (κ1) is 24.3. The Morgan fingerprint density at radius 3 is 1.53 bits per heavy atom. The van der Waals surface area contributed by atoms with Gasteiger partial charge in [-0.1, -0.05) is 96.1 Å². The average molecular weight is 453 g/mol. The number of hydrogen-bond acceptors (Lipinski definition) is 2. The van der Waals surface area contributed by atoms with Crippen LogP contribution in [0, 0.1) is 0 Å². The highest BCUT2D eigenvalue weighted by Crippen LogP contribution is 2.43. The number of hydrogen-bond donors (Lipinski definition) is 3. The second-order valence-corrected chi connectivity index (χ2v) is 12.0. The van der Waals surface area contributed by atoms with Crippen molar-refractivity contribution in [3.05, 3.63) is 94.5 Å². The van der Waals surface area contributed by atoms with Gasteiger partial charge in [-0.2, -0.15) is 0 Å². The molecule has 170 valence electrons. The smallest absolute Gasteiger partial charge is 0.356 e. The summed E-state index contributed by atoms with van der Waals surface area (Å²) in [6.07, 6.45) is 0. The topological polar surface area (TPSA) is 77.8 Å². The van der Waals surface area contributed by atoms with Crippen LogP contribution in [0.4, 0.5) is 0 Å². The van der Waals surface area contributed by atoms with Crippen LogP contribution >= 0.6 is 7.60 Å². The lowest BCUT2D eigenvalue weighted by Crippen LogP contribution is -2.19. The van der Waals surface area contributed by atoms with Gasteiger partial charge < -0.3 is 14.9 Å². The zero-order chi connectivity index (χ0) is 23.9. The fraction of sp³-hybridized carbons (Fsp3) is 0.333. The molecule has 1 unspecified atom stereocenters. The van der Waals surface area contributed by atoms with E-state index in [0.29, 0.717) is 5.75 Å². The zero-order valence-electron chi connectivity index (χ0n) is 19.6. The van der Waals surface area contributed by atoms with Crippen LogP contribution in [0.25, 0.3) is 0 Å². The molecular formula is C27H33O4P. The molecule has 3 N–H and O–H groups in total. The standard InChI is InChI=1S/C27H33O4P/c1-26(2,3)22-16-20(17-23(25(22)28)27(4,5)6)24(18-10-8-7-9-11-18)19-12-14-21(15-13-19)32(29,30)31/h7-17,24,28H,1-6H3,(H2,29,30,31). The summed E-state index contributed by atoms with van der Waals surface area (Å²) in [5, 5.41) is 11.2. The summed E-state index contributed by atoms with van der Waals surface area (Å²) in [4.78, 5) is 19.0. The molecule has 4 nitrogen and oxygen atoms in total. The Morgan fingerprint density at radius 1 is 0.688 bits per heavy atom. The molecule has 5 heteroatoms. The van der Waals surface area contributed by atoms with Gasteiger partial charge in [0.15, 0.2) is 0 Å². The van der Waals surface area contributed by atoms with Gasteiger partial charge in [0, 0.05) is 5.92 Å². The highest BCUT2D eigenvalue weighted by Gasteiger charge is 2.29. The van der Waals surface area contributed by atoms with E-state index in [4.69, 9.17) is 0 Å².